The number of nitrogens with zero attached hydrogens (tertiary/aromatic N) is 2. The van der Waals surface area contributed by atoms with E-state index in [1.807, 2.05) is 0 Å². The lowest BCUT2D eigenvalue weighted by atomic mass is 10.0. The highest BCUT2D eigenvalue weighted by atomic mass is 16.6. The first kappa shape index (κ1) is 20.2. The summed E-state index contributed by atoms with van der Waals surface area (Å²) in [6.07, 6.45) is 1.05. The second-order valence-corrected chi connectivity index (χ2v) is 7.71. The summed E-state index contributed by atoms with van der Waals surface area (Å²) in [5.74, 6) is 0. The predicted molar refractivity (Wildman–Crippen MR) is 124 cm³/mol. The van der Waals surface area contributed by atoms with E-state index in [0.717, 1.165) is 42.2 Å². The van der Waals surface area contributed by atoms with Crippen LogP contribution in [-0.4, -0.2) is 18.2 Å². The molecule has 0 radical (unpaired) electrons. The monoisotopic (exact) mass is 399 g/mol. The molecule has 30 heavy (non-hydrogen) atoms. The van der Waals surface area contributed by atoms with Crippen molar-refractivity contribution in [1.29, 1.82) is 0 Å². The molecule has 154 valence electrons. The van der Waals surface area contributed by atoms with Crippen LogP contribution in [0.2, 0.25) is 0 Å². The Morgan fingerprint density at radius 3 is 2.47 bits per heavy atom. The van der Waals surface area contributed by atoms with Gasteiger partial charge in [-0.2, -0.15) is 0 Å². The summed E-state index contributed by atoms with van der Waals surface area (Å²) in [5.41, 5.74) is 6.34. The van der Waals surface area contributed by atoms with Crippen LogP contribution in [0.5, 0.6) is 0 Å². The number of aromatic nitrogens is 1. The van der Waals surface area contributed by atoms with Gasteiger partial charge in [0.2, 0.25) is 0 Å². The van der Waals surface area contributed by atoms with Crippen LogP contribution in [0.4, 0.5) is 0 Å². The fourth-order valence-electron chi connectivity index (χ4n) is 4.13. The molecule has 0 unspecified atom stereocenters. The molecule has 1 N–H and O–H groups in total. The molecular formula is C26H29N3O. The maximum atomic E-state index is 5.21. The summed E-state index contributed by atoms with van der Waals surface area (Å²) < 4.78 is 2.45. The molecular weight excluding hydrogens is 370 g/mol. The zero-order chi connectivity index (χ0) is 20.9. The zero-order valence-corrected chi connectivity index (χ0v) is 18.0. The van der Waals surface area contributed by atoms with Crippen LogP contribution in [0, 0.1) is 13.8 Å². The Morgan fingerprint density at radius 2 is 1.67 bits per heavy atom. The molecule has 4 aromatic rings. The molecule has 0 amide bonds. The number of aryl methyl sites for hydroxylation is 3. The normalized spacial score (nSPS) is 12.0. The molecule has 0 fully saturated rings. The van der Waals surface area contributed by atoms with E-state index in [2.05, 4.69) is 95.6 Å². The first-order chi connectivity index (χ1) is 14.7. The molecule has 0 saturated carbocycles. The molecule has 0 spiro atoms. The predicted octanol–water partition coefficient (Wildman–Crippen LogP) is 5.05. The zero-order valence-electron chi connectivity index (χ0n) is 18.0. The average Bonchev–Trinajstić information content (AvgIpc) is 2.78. The molecule has 0 aliphatic heterocycles. The second kappa shape index (κ2) is 9.14. The van der Waals surface area contributed by atoms with Crippen molar-refractivity contribution in [3.8, 4) is 0 Å². The Bertz CT molecular complexity index is 1230. The Labute approximate surface area is 177 Å². The van der Waals surface area contributed by atoms with E-state index in [9.17, 15) is 0 Å². The van der Waals surface area contributed by atoms with Gasteiger partial charge in [-0.3, -0.25) is 0 Å². The van der Waals surface area contributed by atoms with Gasteiger partial charge in [0.15, 0.2) is 0 Å². The smallest absolute Gasteiger partial charge is 0.121 e. The van der Waals surface area contributed by atoms with Gasteiger partial charge in [0, 0.05) is 23.9 Å². The maximum absolute atomic E-state index is 5.21. The fraction of sp³-hybridized carbons (Fsp3) is 0.269. The molecule has 0 aliphatic carbocycles. The van der Waals surface area contributed by atoms with Gasteiger partial charge >= 0.3 is 0 Å². The number of hydrogen-bond acceptors (Lipinski definition) is 3. The molecule has 0 bridgehead atoms. The van der Waals surface area contributed by atoms with Crippen molar-refractivity contribution in [3.05, 3.63) is 88.8 Å². The highest BCUT2D eigenvalue weighted by molar-refractivity contribution is 5.95. The lowest BCUT2D eigenvalue weighted by Crippen LogP contribution is -2.19. The maximum Gasteiger partial charge on any atom is 0.121 e. The number of para-hydroxylation sites is 1. The second-order valence-electron chi connectivity index (χ2n) is 7.71. The van der Waals surface area contributed by atoms with Crippen molar-refractivity contribution >= 4 is 21.8 Å². The molecule has 3 aromatic carbocycles. The first-order valence-corrected chi connectivity index (χ1v) is 10.5. The summed E-state index contributed by atoms with van der Waals surface area (Å²) in [6.45, 7) is 7.18. The van der Waals surface area contributed by atoms with E-state index in [1.54, 1.807) is 7.11 Å². The fourth-order valence-corrected chi connectivity index (χ4v) is 4.13. The SMILES string of the molecule is CO/N=c1\c2ccccc2n(CCCNCc2ccccc2)c2c(C)c(C)ccc12. The summed E-state index contributed by atoms with van der Waals surface area (Å²) in [7, 11) is 1.61. The quantitative estimate of drug-likeness (QED) is 0.268. The van der Waals surface area contributed by atoms with E-state index in [-0.39, 0.29) is 0 Å². The first-order valence-electron chi connectivity index (χ1n) is 10.5. The number of nitrogens with one attached hydrogen (secondary N) is 1. The van der Waals surface area contributed by atoms with Gasteiger partial charge in [0.1, 0.15) is 12.5 Å². The molecule has 0 aliphatic rings. The topological polar surface area (TPSA) is 38.5 Å². The summed E-state index contributed by atoms with van der Waals surface area (Å²) in [6, 6.07) is 23.4. The van der Waals surface area contributed by atoms with Crippen LogP contribution >= 0.6 is 0 Å². The third kappa shape index (κ3) is 3.96. The third-order valence-electron chi connectivity index (χ3n) is 5.77. The van der Waals surface area contributed by atoms with Crippen molar-refractivity contribution in [3.63, 3.8) is 0 Å². The minimum atomic E-state index is 0.900. The highest BCUT2D eigenvalue weighted by Crippen LogP contribution is 2.24. The number of fused-ring (bicyclic) bond motifs is 2. The molecule has 0 saturated heterocycles. The Hall–Kier alpha value is -3.11. The minimum absolute atomic E-state index is 0.900. The van der Waals surface area contributed by atoms with E-state index in [4.69, 9.17) is 4.84 Å². The van der Waals surface area contributed by atoms with Gasteiger partial charge in [-0.25, -0.2) is 0 Å². The van der Waals surface area contributed by atoms with Crippen molar-refractivity contribution in [1.82, 2.24) is 9.88 Å². The molecule has 4 rings (SSSR count). The molecule has 0 atom stereocenters. The van der Waals surface area contributed by atoms with Crippen molar-refractivity contribution in [2.75, 3.05) is 13.7 Å². The van der Waals surface area contributed by atoms with Gasteiger partial charge in [-0.05, 0) is 49.6 Å². The molecule has 4 heteroatoms. The van der Waals surface area contributed by atoms with E-state index in [1.165, 1.54) is 27.7 Å². The van der Waals surface area contributed by atoms with Gasteiger partial charge in [0.05, 0.1) is 11.0 Å². The van der Waals surface area contributed by atoms with Crippen LogP contribution < -0.4 is 10.7 Å². The van der Waals surface area contributed by atoms with Crippen LogP contribution in [0.25, 0.3) is 21.8 Å². The number of benzene rings is 3. The Morgan fingerprint density at radius 1 is 0.900 bits per heavy atom. The van der Waals surface area contributed by atoms with E-state index < -0.39 is 0 Å². The van der Waals surface area contributed by atoms with Crippen molar-refractivity contribution in [2.45, 2.75) is 33.4 Å². The minimum Gasteiger partial charge on any atom is -0.399 e. The van der Waals surface area contributed by atoms with Crippen LogP contribution in [-0.2, 0) is 17.9 Å². The van der Waals surface area contributed by atoms with Gasteiger partial charge in [-0.1, -0.05) is 65.8 Å². The average molecular weight is 400 g/mol. The van der Waals surface area contributed by atoms with Crippen LogP contribution in [0.3, 0.4) is 0 Å². The van der Waals surface area contributed by atoms with Crippen molar-refractivity contribution in [2.24, 2.45) is 5.16 Å². The number of rotatable bonds is 7. The molecule has 4 nitrogen and oxygen atoms in total. The van der Waals surface area contributed by atoms with Gasteiger partial charge in [0.25, 0.3) is 0 Å². The highest BCUT2D eigenvalue weighted by Gasteiger charge is 2.13. The summed E-state index contributed by atoms with van der Waals surface area (Å²) in [4.78, 5) is 5.21. The third-order valence-corrected chi connectivity index (χ3v) is 5.77. The summed E-state index contributed by atoms with van der Waals surface area (Å²) in [5, 5.41) is 11.1. The van der Waals surface area contributed by atoms with E-state index in [0.29, 0.717) is 0 Å². The van der Waals surface area contributed by atoms with E-state index >= 15 is 0 Å². The largest absolute Gasteiger partial charge is 0.399 e. The Kier molecular flexibility index (Phi) is 6.15. The van der Waals surface area contributed by atoms with Crippen LogP contribution in [0.1, 0.15) is 23.1 Å². The van der Waals surface area contributed by atoms with Crippen molar-refractivity contribution < 1.29 is 4.84 Å². The van der Waals surface area contributed by atoms with Gasteiger partial charge < -0.3 is 14.7 Å². The van der Waals surface area contributed by atoms with Crippen LogP contribution in [0.15, 0.2) is 71.9 Å². The number of hydrogen-bond donors (Lipinski definition) is 1. The Balaban J connectivity index is 1.70. The lowest BCUT2D eigenvalue weighted by Gasteiger charge is -2.19. The van der Waals surface area contributed by atoms with Gasteiger partial charge in [-0.15, -0.1) is 0 Å². The standard InChI is InChI=1S/C26H29N3O/c1-19-14-15-23-25(28-30-3)22-12-7-8-13-24(22)29(26(23)20(19)2)17-9-16-27-18-21-10-5-4-6-11-21/h4-8,10-15,27H,9,16-18H2,1-3H3/b28-25+. The molecule has 1 heterocycles. The number of pyridine rings is 1. The summed E-state index contributed by atoms with van der Waals surface area (Å²) >= 11 is 0. The lowest BCUT2D eigenvalue weighted by molar-refractivity contribution is 0.202. The molecule has 1 aromatic heterocycles.